The predicted molar refractivity (Wildman–Crippen MR) is 67.7 cm³/mol. The van der Waals surface area contributed by atoms with Gasteiger partial charge >= 0.3 is 0 Å². The number of thiazole rings is 1. The summed E-state index contributed by atoms with van der Waals surface area (Å²) in [5.74, 6) is 0. The van der Waals surface area contributed by atoms with Gasteiger partial charge in [0, 0.05) is 17.8 Å². The van der Waals surface area contributed by atoms with Gasteiger partial charge in [-0.05, 0) is 25.5 Å². The third-order valence-corrected chi connectivity index (χ3v) is 4.08. The van der Waals surface area contributed by atoms with E-state index >= 15 is 0 Å². The first-order valence-corrected chi connectivity index (χ1v) is 6.93. The Balaban J connectivity index is 1.76. The van der Waals surface area contributed by atoms with Crippen LogP contribution in [0, 0.1) is 0 Å². The average Bonchev–Trinajstić information content (AvgIpc) is 3.01. The lowest BCUT2D eigenvalue weighted by Crippen LogP contribution is -2.33. The van der Waals surface area contributed by atoms with Crippen LogP contribution in [0.4, 0.5) is 0 Å². The van der Waals surface area contributed by atoms with Crippen molar-refractivity contribution >= 4 is 11.3 Å². The molecule has 1 N–H and O–H groups in total. The van der Waals surface area contributed by atoms with Crippen LogP contribution in [0.5, 0.6) is 0 Å². The third-order valence-electron chi connectivity index (χ3n) is 3.32. The molecule has 3 heterocycles. The number of piperidine rings is 1. The van der Waals surface area contributed by atoms with E-state index in [-0.39, 0.29) is 0 Å². The number of rotatable bonds is 3. The number of aromatic nitrogens is 3. The molecule has 2 aromatic heterocycles. The van der Waals surface area contributed by atoms with Crippen LogP contribution in [-0.4, -0.2) is 26.6 Å². The fourth-order valence-corrected chi connectivity index (χ4v) is 3.13. The minimum Gasteiger partial charge on any atom is -0.288 e. The molecule has 5 heteroatoms. The second-order valence-corrected chi connectivity index (χ2v) is 5.40. The fourth-order valence-electron chi connectivity index (χ4n) is 2.49. The van der Waals surface area contributed by atoms with Crippen molar-refractivity contribution in [2.45, 2.75) is 31.8 Å². The number of hydrogen-bond donors (Lipinski definition) is 1. The molecule has 17 heavy (non-hydrogen) atoms. The lowest BCUT2D eigenvalue weighted by molar-refractivity contribution is 0.137. The van der Waals surface area contributed by atoms with Gasteiger partial charge in [0.05, 0.1) is 18.3 Å². The molecule has 0 amide bonds. The summed E-state index contributed by atoms with van der Waals surface area (Å²) < 4.78 is 0. The fraction of sp³-hybridized carbons (Fsp3) is 0.500. The maximum absolute atomic E-state index is 4.38. The van der Waals surface area contributed by atoms with Gasteiger partial charge in [0.1, 0.15) is 5.01 Å². The second kappa shape index (κ2) is 4.98. The van der Waals surface area contributed by atoms with Crippen molar-refractivity contribution in [1.82, 2.24) is 20.1 Å². The van der Waals surface area contributed by atoms with Crippen molar-refractivity contribution in [3.63, 3.8) is 0 Å². The van der Waals surface area contributed by atoms with E-state index in [9.17, 15) is 0 Å². The Morgan fingerprint density at radius 1 is 1.41 bits per heavy atom. The highest BCUT2D eigenvalue weighted by molar-refractivity contribution is 7.09. The normalized spacial score (nSPS) is 21.8. The van der Waals surface area contributed by atoms with Crippen molar-refractivity contribution in [3.8, 4) is 0 Å². The first-order chi connectivity index (χ1) is 8.43. The monoisotopic (exact) mass is 248 g/mol. The molecule has 0 aromatic carbocycles. The summed E-state index contributed by atoms with van der Waals surface area (Å²) in [5.41, 5.74) is 1.24. The quantitative estimate of drug-likeness (QED) is 0.908. The van der Waals surface area contributed by atoms with Crippen LogP contribution in [0.25, 0.3) is 0 Å². The molecule has 0 radical (unpaired) electrons. The van der Waals surface area contributed by atoms with Gasteiger partial charge in [0.15, 0.2) is 0 Å². The van der Waals surface area contributed by atoms with Gasteiger partial charge in [-0.1, -0.05) is 6.42 Å². The summed E-state index contributed by atoms with van der Waals surface area (Å²) in [6.07, 6.45) is 7.53. The molecular weight excluding hydrogens is 232 g/mol. The van der Waals surface area contributed by atoms with Crippen LogP contribution < -0.4 is 0 Å². The molecule has 90 valence electrons. The van der Waals surface area contributed by atoms with E-state index in [0.29, 0.717) is 6.04 Å². The number of H-pyrrole nitrogens is 1. The Morgan fingerprint density at radius 3 is 3.18 bits per heavy atom. The van der Waals surface area contributed by atoms with Gasteiger partial charge in [-0.2, -0.15) is 5.10 Å². The predicted octanol–water partition coefficient (Wildman–Crippen LogP) is 2.59. The Kier molecular flexibility index (Phi) is 3.20. The molecule has 2 aromatic rings. The molecule has 3 rings (SSSR count). The summed E-state index contributed by atoms with van der Waals surface area (Å²) in [7, 11) is 0. The maximum Gasteiger partial charge on any atom is 0.107 e. The molecule has 0 aliphatic carbocycles. The van der Waals surface area contributed by atoms with E-state index in [1.54, 1.807) is 11.3 Å². The van der Waals surface area contributed by atoms with Crippen LogP contribution in [0.15, 0.2) is 23.8 Å². The molecule has 1 atom stereocenters. The van der Waals surface area contributed by atoms with Crippen LogP contribution in [-0.2, 0) is 6.54 Å². The van der Waals surface area contributed by atoms with E-state index in [4.69, 9.17) is 0 Å². The molecule has 0 saturated carbocycles. The van der Waals surface area contributed by atoms with Crippen molar-refractivity contribution < 1.29 is 0 Å². The number of nitrogens with zero attached hydrogens (tertiary/aromatic N) is 3. The van der Waals surface area contributed by atoms with E-state index in [2.05, 4.69) is 26.1 Å². The molecule has 1 aliphatic rings. The number of nitrogens with one attached hydrogen (secondary N) is 1. The first-order valence-electron chi connectivity index (χ1n) is 6.05. The second-order valence-electron chi connectivity index (χ2n) is 4.42. The largest absolute Gasteiger partial charge is 0.288 e. The van der Waals surface area contributed by atoms with Crippen molar-refractivity contribution in [3.05, 3.63) is 34.5 Å². The van der Waals surface area contributed by atoms with Gasteiger partial charge in [0.25, 0.3) is 0 Å². The third kappa shape index (κ3) is 2.40. The molecule has 1 aliphatic heterocycles. The van der Waals surface area contributed by atoms with Gasteiger partial charge < -0.3 is 0 Å². The molecule has 1 fully saturated rings. The topological polar surface area (TPSA) is 44.8 Å². The molecular formula is C12H16N4S. The maximum atomic E-state index is 4.38. The van der Waals surface area contributed by atoms with E-state index in [1.165, 1.54) is 30.0 Å². The lowest BCUT2D eigenvalue weighted by Gasteiger charge is -2.34. The van der Waals surface area contributed by atoms with Crippen molar-refractivity contribution in [2.75, 3.05) is 6.54 Å². The number of likely N-dealkylation sites (tertiary alicyclic amines) is 1. The van der Waals surface area contributed by atoms with Crippen LogP contribution in [0.2, 0.25) is 0 Å². The summed E-state index contributed by atoms with van der Waals surface area (Å²) >= 11 is 1.74. The minimum atomic E-state index is 0.482. The highest BCUT2D eigenvalue weighted by Gasteiger charge is 2.25. The van der Waals surface area contributed by atoms with E-state index in [0.717, 1.165) is 13.1 Å². The molecule has 0 unspecified atom stereocenters. The highest BCUT2D eigenvalue weighted by Crippen LogP contribution is 2.30. The van der Waals surface area contributed by atoms with Gasteiger partial charge in [0.2, 0.25) is 0 Å². The van der Waals surface area contributed by atoms with Gasteiger partial charge in [-0.3, -0.25) is 10.00 Å². The molecule has 1 saturated heterocycles. The Hall–Kier alpha value is -1.20. The zero-order chi connectivity index (χ0) is 11.5. The smallest absolute Gasteiger partial charge is 0.107 e. The van der Waals surface area contributed by atoms with Crippen LogP contribution >= 0.6 is 11.3 Å². The zero-order valence-corrected chi connectivity index (χ0v) is 10.5. The summed E-state index contributed by atoms with van der Waals surface area (Å²) in [4.78, 5) is 6.89. The summed E-state index contributed by atoms with van der Waals surface area (Å²) in [6, 6.07) is 2.57. The highest BCUT2D eigenvalue weighted by atomic mass is 32.1. The van der Waals surface area contributed by atoms with Crippen molar-refractivity contribution in [2.24, 2.45) is 0 Å². The van der Waals surface area contributed by atoms with Crippen LogP contribution in [0.3, 0.4) is 0 Å². The van der Waals surface area contributed by atoms with E-state index in [1.807, 2.05) is 17.8 Å². The van der Waals surface area contributed by atoms with Gasteiger partial charge in [-0.25, -0.2) is 4.98 Å². The molecule has 4 nitrogen and oxygen atoms in total. The summed E-state index contributed by atoms with van der Waals surface area (Å²) in [6.45, 7) is 2.12. The van der Waals surface area contributed by atoms with E-state index < -0.39 is 0 Å². The first kappa shape index (κ1) is 10.9. The lowest BCUT2D eigenvalue weighted by atomic mass is 9.99. The standard InChI is InChI=1S/C12H16N4S/c1-2-7-16(9-12-13-6-8-17-12)11(3-1)10-4-5-14-15-10/h4-6,8,11H,1-3,7,9H2,(H,14,15)/t11-/m1/s1. The Morgan fingerprint density at radius 2 is 2.41 bits per heavy atom. The summed E-state index contributed by atoms with van der Waals surface area (Å²) in [5, 5.41) is 10.4. The Labute approximate surface area is 105 Å². The zero-order valence-electron chi connectivity index (χ0n) is 9.67. The average molecular weight is 248 g/mol. The SMILES string of the molecule is c1cc([C@H]2CCCCN2Cc2nccs2)[nH]n1. The van der Waals surface area contributed by atoms with Crippen molar-refractivity contribution in [1.29, 1.82) is 0 Å². The van der Waals surface area contributed by atoms with Gasteiger partial charge in [-0.15, -0.1) is 11.3 Å². The number of aromatic amines is 1. The molecule has 0 spiro atoms. The molecule has 0 bridgehead atoms. The Bertz CT molecular complexity index is 437. The van der Waals surface area contributed by atoms with Crippen LogP contribution in [0.1, 0.15) is 36.0 Å². The number of hydrogen-bond acceptors (Lipinski definition) is 4. The minimum absolute atomic E-state index is 0.482.